The molecule has 3 heterocycles. The predicted octanol–water partition coefficient (Wildman–Crippen LogP) is 2.92. The highest BCUT2D eigenvalue weighted by molar-refractivity contribution is 5.71. The monoisotopic (exact) mass is 361 g/mol. The number of imidazole rings is 1. The maximum Gasteiger partial charge on any atom is 0.181 e. The summed E-state index contributed by atoms with van der Waals surface area (Å²) < 4.78 is 5.27. The molecule has 0 spiro atoms. The maximum absolute atomic E-state index is 5.27. The van der Waals surface area contributed by atoms with Crippen LogP contribution in [0.2, 0.25) is 0 Å². The van der Waals surface area contributed by atoms with Gasteiger partial charge in [-0.1, -0.05) is 12.1 Å². The van der Waals surface area contributed by atoms with Crippen LogP contribution in [-0.4, -0.2) is 43.8 Å². The van der Waals surface area contributed by atoms with Gasteiger partial charge in [-0.3, -0.25) is 5.10 Å². The van der Waals surface area contributed by atoms with E-state index in [1.54, 1.807) is 19.6 Å². The Morgan fingerprint density at radius 1 is 1.19 bits per heavy atom. The van der Waals surface area contributed by atoms with Gasteiger partial charge < -0.3 is 15.0 Å². The van der Waals surface area contributed by atoms with Gasteiger partial charge in [0.25, 0.3) is 0 Å². The Hall–Kier alpha value is -3.68. The van der Waals surface area contributed by atoms with Crippen LogP contribution in [0.25, 0.3) is 22.8 Å². The van der Waals surface area contributed by atoms with Crippen molar-refractivity contribution in [1.82, 2.24) is 30.1 Å². The highest BCUT2D eigenvalue weighted by atomic mass is 16.5. The number of rotatable bonds is 7. The van der Waals surface area contributed by atoms with Gasteiger partial charge in [-0.15, -0.1) is 0 Å². The first-order valence-corrected chi connectivity index (χ1v) is 8.57. The Labute approximate surface area is 156 Å². The number of H-pyrrole nitrogens is 2. The molecule has 8 nitrogen and oxygen atoms in total. The minimum atomic E-state index is 0.608. The Balaban J connectivity index is 1.54. The standard InChI is InChI=1S/C19H19N7O/c1-27-15-5-2-4-13(10-15)17-24-19(26-25-17)16-6-3-8-21-18(16)22-9-7-14-11-20-12-23-14/h2-6,8,10-12H,7,9H2,1H3,(H,20,23)(H,21,22)(H,24,25,26). The van der Waals surface area contributed by atoms with Crippen molar-refractivity contribution in [3.8, 4) is 28.5 Å². The van der Waals surface area contributed by atoms with Crippen LogP contribution in [0.1, 0.15) is 5.69 Å². The fraction of sp³-hybridized carbons (Fsp3) is 0.158. The summed E-state index contributed by atoms with van der Waals surface area (Å²) in [5.74, 6) is 2.79. The summed E-state index contributed by atoms with van der Waals surface area (Å²) >= 11 is 0. The number of nitrogens with zero attached hydrogens (tertiary/aromatic N) is 4. The molecule has 4 aromatic rings. The van der Waals surface area contributed by atoms with Gasteiger partial charge >= 0.3 is 0 Å². The second kappa shape index (κ2) is 7.69. The summed E-state index contributed by atoms with van der Waals surface area (Å²) in [4.78, 5) is 16.2. The van der Waals surface area contributed by atoms with Crippen LogP contribution in [0, 0.1) is 0 Å². The summed E-state index contributed by atoms with van der Waals surface area (Å²) in [6.07, 6.45) is 6.07. The number of anilines is 1. The van der Waals surface area contributed by atoms with Crippen LogP contribution < -0.4 is 10.1 Å². The van der Waals surface area contributed by atoms with Gasteiger partial charge in [-0.05, 0) is 24.3 Å². The SMILES string of the molecule is COc1cccc(-c2n[nH]c(-c3cccnc3NCCc3cnc[nH]3)n2)c1. The average molecular weight is 361 g/mol. The third kappa shape index (κ3) is 3.79. The molecule has 136 valence electrons. The second-order valence-electron chi connectivity index (χ2n) is 5.89. The van der Waals surface area contributed by atoms with E-state index in [9.17, 15) is 0 Å². The number of ether oxygens (including phenoxy) is 1. The molecule has 3 N–H and O–H groups in total. The van der Waals surface area contributed by atoms with E-state index in [0.29, 0.717) is 11.6 Å². The normalized spacial score (nSPS) is 10.7. The lowest BCUT2D eigenvalue weighted by Gasteiger charge is -2.08. The van der Waals surface area contributed by atoms with E-state index in [0.717, 1.165) is 41.4 Å². The highest BCUT2D eigenvalue weighted by Crippen LogP contribution is 2.26. The largest absolute Gasteiger partial charge is 0.497 e. The summed E-state index contributed by atoms with van der Waals surface area (Å²) in [5, 5.41) is 10.7. The van der Waals surface area contributed by atoms with Crippen molar-refractivity contribution in [2.75, 3.05) is 19.0 Å². The minimum Gasteiger partial charge on any atom is -0.497 e. The molecule has 0 aliphatic carbocycles. The van der Waals surface area contributed by atoms with Crippen molar-refractivity contribution in [2.24, 2.45) is 0 Å². The Morgan fingerprint density at radius 3 is 3.00 bits per heavy atom. The van der Waals surface area contributed by atoms with Gasteiger partial charge in [0.15, 0.2) is 11.6 Å². The lowest BCUT2D eigenvalue weighted by molar-refractivity contribution is 0.415. The number of pyridine rings is 1. The molecule has 0 bridgehead atoms. The summed E-state index contributed by atoms with van der Waals surface area (Å²) in [6, 6.07) is 11.5. The summed E-state index contributed by atoms with van der Waals surface area (Å²) in [7, 11) is 1.64. The van der Waals surface area contributed by atoms with E-state index in [-0.39, 0.29) is 0 Å². The second-order valence-corrected chi connectivity index (χ2v) is 5.89. The molecule has 0 amide bonds. The van der Waals surface area contributed by atoms with E-state index in [4.69, 9.17) is 4.74 Å². The van der Waals surface area contributed by atoms with Gasteiger partial charge in [0, 0.05) is 36.6 Å². The number of methoxy groups -OCH3 is 1. The quantitative estimate of drug-likeness (QED) is 0.467. The van der Waals surface area contributed by atoms with Crippen LogP contribution in [0.15, 0.2) is 55.1 Å². The molecule has 0 fully saturated rings. The first-order chi connectivity index (χ1) is 13.3. The Morgan fingerprint density at radius 2 is 2.15 bits per heavy atom. The molecule has 3 aromatic heterocycles. The number of aromatic amines is 2. The van der Waals surface area contributed by atoms with E-state index in [1.807, 2.05) is 42.6 Å². The minimum absolute atomic E-state index is 0.608. The molecule has 4 rings (SSSR count). The van der Waals surface area contributed by atoms with Gasteiger partial charge in [0.05, 0.1) is 19.0 Å². The predicted molar refractivity (Wildman–Crippen MR) is 102 cm³/mol. The van der Waals surface area contributed by atoms with Crippen LogP contribution in [0.4, 0.5) is 5.82 Å². The van der Waals surface area contributed by atoms with E-state index in [2.05, 4.69) is 35.5 Å². The molecular weight excluding hydrogens is 342 g/mol. The zero-order valence-electron chi connectivity index (χ0n) is 14.8. The molecule has 0 atom stereocenters. The van der Waals surface area contributed by atoms with E-state index < -0.39 is 0 Å². The zero-order chi connectivity index (χ0) is 18.5. The number of hydrogen-bond donors (Lipinski definition) is 3. The van der Waals surface area contributed by atoms with Crippen molar-refractivity contribution < 1.29 is 4.74 Å². The molecular formula is C19H19N7O. The summed E-state index contributed by atoms with van der Waals surface area (Å²) in [5.41, 5.74) is 2.82. The molecule has 0 saturated carbocycles. The lowest BCUT2D eigenvalue weighted by atomic mass is 10.2. The molecule has 0 radical (unpaired) electrons. The van der Waals surface area contributed by atoms with E-state index in [1.165, 1.54) is 0 Å². The smallest absolute Gasteiger partial charge is 0.181 e. The van der Waals surface area contributed by atoms with Crippen molar-refractivity contribution >= 4 is 5.82 Å². The van der Waals surface area contributed by atoms with Crippen molar-refractivity contribution in [2.45, 2.75) is 6.42 Å². The molecule has 0 aliphatic heterocycles. The maximum atomic E-state index is 5.27. The van der Waals surface area contributed by atoms with Gasteiger partial charge in [-0.2, -0.15) is 5.10 Å². The van der Waals surface area contributed by atoms with Crippen LogP contribution in [-0.2, 0) is 6.42 Å². The van der Waals surface area contributed by atoms with Crippen LogP contribution >= 0.6 is 0 Å². The van der Waals surface area contributed by atoms with Crippen LogP contribution in [0.3, 0.4) is 0 Å². The fourth-order valence-electron chi connectivity index (χ4n) is 2.75. The Bertz CT molecular complexity index is 1010. The van der Waals surface area contributed by atoms with Crippen molar-refractivity contribution in [3.63, 3.8) is 0 Å². The van der Waals surface area contributed by atoms with Crippen molar-refractivity contribution in [3.05, 3.63) is 60.8 Å². The number of nitrogens with one attached hydrogen (secondary N) is 3. The average Bonchev–Trinajstić information content (AvgIpc) is 3.41. The fourth-order valence-corrected chi connectivity index (χ4v) is 2.75. The lowest BCUT2D eigenvalue weighted by Crippen LogP contribution is -2.07. The zero-order valence-corrected chi connectivity index (χ0v) is 14.8. The highest BCUT2D eigenvalue weighted by Gasteiger charge is 2.12. The van der Waals surface area contributed by atoms with Crippen molar-refractivity contribution in [1.29, 1.82) is 0 Å². The third-order valence-electron chi connectivity index (χ3n) is 4.12. The third-order valence-corrected chi connectivity index (χ3v) is 4.12. The van der Waals surface area contributed by atoms with Gasteiger partial charge in [0.1, 0.15) is 11.6 Å². The number of hydrogen-bond acceptors (Lipinski definition) is 6. The van der Waals surface area contributed by atoms with Crippen LogP contribution in [0.5, 0.6) is 5.75 Å². The first-order valence-electron chi connectivity index (χ1n) is 8.57. The topological polar surface area (TPSA) is 104 Å². The van der Waals surface area contributed by atoms with Gasteiger partial charge in [-0.25, -0.2) is 15.0 Å². The number of benzene rings is 1. The molecule has 0 unspecified atom stereocenters. The van der Waals surface area contributed by atoms with Gasteiger partial charge in [0.2, 0.25) is 0 Å². The molecule has 27 heavy (non-hydrogen) atoms. The number of aromatic nitrogens is 6. The molecule has 1 aromatic carbocycles. The summed E-state index contributed by atoms with van der Waals surface area (Å²) in [6.45, 7) is 0.725. The van der Waals surface area contributed by atoms with E-state index >= 15 is 0 Å². The molecule has 0 aliphatic rings. The first kappa shape index (κ1) is 16.8. The Kier molecular flexibility index (Phi) is 4.78. The molecule has 8 heteroatoms. The molecule has 0 saturated heterocycles.